The van der Waals surface area contributed by atoms with Crippen LogP contribution >= 0.6 is 0 Å². The number of allylic oxidation sites excluding steroid dienone is 2. The molecule has 0 aliphatic heterocycles. The first-order chi connectivity index (χ1) is 14.7. The van der Waals surface area contributed by atoms with Crippen molar-refractivity contribution in [3.8, 4) is 0 Å². The van der Waals surface area contributed by atoms with Crippen LogP contribution in [0.4, 0.5) is 11.4 Å². The monoisotopic (exact) mass is 458 g/mol. The molecule has 10 heteroatoms. The Balaban J connectivity index is 0. The van der Waals surface area contributed by atoms with Gasteiger partial charge in [-0.2, -0.15) is 0 Å². The molecule has 0 heterocycles. The van der Waals surface area contributed by atoms with Gasteiger partial charge in [0, 0.05) is 12.4 Å². The van der Waals surface area contributed by atoms with Crippen LogP contribution < -0.4 is 15.3 Å². The summed E-state index contributed by atoms with van der Waals surface area (Å²) in [7, 11) is 0. The minimum atomic E-state index is -0.769. The zero-order valence-corrected chi connectivity index (χ0v) is 20.1. The first kappa shape index (κ1) is 31.3. The van der Waals surface area contributed by atoms with Gasteiger partial charge in [-0.05, 0) is 26.0 Å². The summed E-state index contributed by atoms with van der Waals surface area (Å²) in [6.45, 7) is 7.54. The van der Waals surface area contributed by atoms with Gasteiger partial charge in [-0.25, -0.2) is 9.59 Å². The van der Waals surface area contributed by atoms with Crippen molar-refractivity contribution in [1.82, 2.24) is 0 Å². The third kappa shape index (κ3) is 11.5. The van der Waals surface area contributed by atoms with Gasteiger partial charge >= 0.3 is 29.3 Å². The Hall–Kier alpha value is -2.93. The molecule has 170 valence electrons. The van der Waals surface area contributed by atoms with Crippen molar-refractivity contribution in [2.45, 2.75) is 34.6 Å². The maximum atomic E-state index is 11.8. The molecule has 1 aromatic rings. The topological polar surface area (TPSA) is 146 Å². The zero-order valence-electron chi connectivity index (χ0n) is 18.9. The molecule has 0 saturated heterocycles. The van der Waals surface area contributed by atoms with Gasteiger partial charge in [0.1, 0.15) is 0 Å². The van der Waals surface area contributed by atoms with Crippen LogP contribution in [-0.2, 0) is 19.1 Å². The number of ether oxygens (including phenoxy) is 2. The molecular formula is C22H27AlN2O7. The molecule has 0 N–H and O–H groups in total. The van der Waals surface area contributed by atoms with E-state index in [1.54, 1.807) is 45.0 Å². The van der Waals surface area contributed by atoms with E-state index in [1.165, 1.54) is 13.8 Å². The fraction of sp³-hybridized carbons (Fsp3) is 0.364. The summed E-state index contributed by atoms with van der Waals surface area (Å²) in [5.74, 6) is -2.51. The van der Waals surface area contributed by atoms with E-state index < -0.39 is 23.5 Å². The standard InChI is InChI=1S/C20H24N2O6.C2H5O.Al/c1-5-27-19(25)15(13(3)23)11-21-17-9-7-8-10-18(17)22-12-16(14(4)24)20(26)28-6-2;1-2-3;/h7-12,23-24H,5-6H2,1-4H3;2H2,1H3;/q;-1;+3/p-2/b15-13+,16-14+,21-11?,22-12?;;. The molecule has 0 aliphatic rings. The van der Waals surface area contributed by atoms with Crippen LogP contribution in [0.2, 0.25) is 0 Å². The molecule has 0 unspecified atom stereocenters. The Kier molecular flexibility index (Phi) is 17.3. The smallest absolute Gasteiger partial charge is 0.875 e. The summed E-state index contributed by atoms with van der Waals surface area (Å²) in [4.78, 5) is 31.9. The van der Waals surface area contributed by atoms with E-state index in [1.807, 2.05) is 0 Å². The summed E-state index contributed by atoms with van der Waals surface area (Å²) in [6, 6.07) is 6.57. The molecular weight excluding hydrogens is 431 g/mol. The predicted molar refractivity (Wildman–Crippen MR) is 118 cm³/mol. The van der Waals surface area contributed by atoms with Crippen molar-refractivity contribution in [3.63, 3.8) is 0 Å². The van der Waals surface area contributed by atoms with Crippen LogP contribution in [0.15, 0.2) is 56.9 Å². The molecule has 32 heavy (non-hydrogen) atoms. The van der Waals surface area contributed by atoms with Crippen molar-refractivity contribution in [2.75, 3.05) is 19.8 Å². The van der Waals surface area contributed by atoms with Gasteiger partial charge in [0.2, 0.25) is 0 Å². The molecule has 1 aromatic carbocycles. The Labute approximate surface area is 198 Å². The first-order valence-corrected chi connectivity index (χ1v) is 9.58. The fourth-order valence-electron chi connectivity index (χ4n) is 1.94. The van der Waals surface area contributed by atoms with E-state index in [0.29, 0.717) is 11.4 Å². The van der Waals surface area contributed by atoms with Gasteiger partial charge in [-0.15, -0.1) is 18.1 Å². The van der Waals surface area contributed by atoms with Crippen LogP contribution in [0.5, 0.6) is 0 Å². The normalized spacial score (nSPS) is 12.2. The third-order valence-electron chi connectivity index (χ3n) is 3.30. The minimum absolute atomic E-state index is 0. The summed E-state index contributed by atoms with van der Waals surface area (Å²) < 4.78 is 9.66. The van der Waals surface area contributed by atoms with Gasteiger partial charge in [-0.3, -0.25) is 9.98 Å². The van der Waals surface area contributed by atoms with Gasteiger partial charge in [0.05, 0.1) is 35.7 Å². The number of carbonyl (C=O) groups excluding carboxylic acids is 2. The molecule has 0 atom stereocenters. The molecule has 0 aromatic heterocycles. The third-order valence-corrected chi connectivity index (χ3v) is 3.30. The SMILES string of the molecule is CCOC(=O)/C(C=Nc1ccccc1N=C/C(C(=O)OCC)=C(/C)[O-])=C(\C)[O-].CC[O-].[Al+3]. The van der Waals surface area contributed by atoms with Gasteiger partial charge in [0.25, 0.3) is 0 Å². The van der Waals surface area contributed by atoms with E-state index in [-0.39, 0.29) is 48.3 Å². The van der Waals surface area contributed by atoms with Crippen LogP contribution in [0.1, 0.15) is 34.6 Å². The van der Waals surface area contributed by atoms with Crippen molar-refractivity contribution in [3.05, 3.63) is 46.9 Å². The van der Waals surface area contributed by atoms with Crippen LogP contribution in [-0.4, -0.2) is 61.5 Å². The van der Waals surface area contributed by atoms with Crippen molar-refractivity contribution in [1.29, 1.82) is 0 Å². The average molecular weight is 458 g/mol. The summed E-state index contributed by atoms with van der Waals surface area (Å²) >= 11 is 0. The molecule has 0 radical (unpaired) electrons. The van der Waals surface area contributed by atoms with E-state index in [4.69, 9.17) is 14.6 Å². The largest absolute Gasteiger partial charge is 3.00 e. The van der Waals surface area contributed by atoms with Crippen molar-refractivity contribution < 1.29 is 34.4 Å². The number of hydrogen-bond acceptors (Lipinski definition) is 9. The number of para-hydroxylation sites is 2. The quantitative estimate of drug-likeness (QED) is 0.181. The Morgan fingerprint density at radius 2 is 1.16 bits per heavy atom. The Morgan fingerprint density at radius 1 is 0.844 bits per heavy atom. The predicted octanol–water partition coefficient (Wildman–Crippen LogP) is 0.472. The second-order valence-corrected chi connectivity index (χ2v) is 5.67. The maximum absolute atomic E-state index is 11.8. The number of nitrogens with zero attached hydrogens (tertiary/aromatic N) is 2. The molecule has 9 nitrogen and oxygen atoms in total. The van der Waals surface area contributed by atoms with Crippen LogP contribution in [0.3, 0.4) is 0 Å². The van der Waals surface area contributed by atoms with E-state index in [9.17, 15) is 19.8 Å². The van der Waals surface area contributed by atoms with E-state index in [0.717, 1.165) is 12.4 Å². The number of carbonyl (C=O) groups is 2. The Bertz CT molecular complexity index is 785. The Morgan fingerprint density at radius 3 is 1.41 bits per heavy atom. The summed E-state index contributed by atoms with van der Waals surface area (Å²) in [5.41, 5.74) is 0.244. The number of rotatable bonds is 8. The molecule has 0 spiro atoms. The zero-order chi connectivity index (χ0) is 23.8. The van der Waals surface area contributed by atoms with Gasteiger partial charge in [0.15, 0.2) is 0 Å². The molecule has 0 amide bonds. The van der Waals surface area contributed by atoms with E-state index in [2.05, 4.69) is 9.98 Å². The second-order valence-electron chi connectivity index (χ2n) is 5.67. The van der Waals surface area contributed by atoms with Crippen LogP contribution in [0.25, 0.3) is 0 Å². The van der Waals surface area contributed by atoms with Crippen molar-refractivity contribution >= 4 is 53.1 Å². The van der Waals surface area contributed by atoms with Crippen molar-refractivity contribution in [2.24, 2.45) is 9.98 Å². The average Bonchev–Trinajstić information content (AvgIpc) is 2.69. The first-order valence-electron chi connectivity index (χ1n) is 9.58. The maximum Gasteiger partial charge on any atom is 3.00 e. The second kappa shape index (κ2) is 17.7. The number of aliphatic imine (C=N–C) groups is 2. The van der Waals surface area contributed by atoms with Gasteiger partial charge in [-0.1, -0.05) is 32.9 Å². The number of hydrogen-bond donors (Lipinski definition) is 0. The molecule has 0 aliphatic carbocycles. The minimum Gasteiger partial charge on any atom is -0.875 e. The summed E-state index contributed by atoms with van der Waals surface area (Å²) in [6.07, 6.45) is 2.21. The van der Waals surface area contributed by atoms with Crippen LogP contribution in [0, 0.1) is 0 Å². The van der Waals surface area contributed by atoms with Gasteiger partial charge < -0.3 is 24.8 Å². The molecule has 1 rings (SSSR count). The fourth-order valence-corrected chi connectivity index (χ4v) is 1.94. The van der Waals surface area contributed by atoms with E-state index >= 15 is 0 Å². The molecule has 0 saturated carbocycles. The number of esters is 2. The molecule has 0 fully saturated rings. The number of benzene rings is 1. The molecule has 0 bridgehead atoms. The summed E-state index contributed by atoms with van der Waals surface area (Å²) in [5, 5.41) is 32.2.